The number of carbonyl (C=O) groups excluding carboxylic acids is 1. The highest BCUT2D eigenvalue weighted by atomic mass is 79.9. The van der Waals surface area contributed by atoms with Gasteiger partial charge >= 0.3 is 0 Å². The number of fused-ring (bicyclic) bond motifs is 1. The minimum absolute atomic E-state index is 0.0496. The van der Waals surface area contributed by atoms with Crippen LogP contribution in [-0.2, 0) is 0 Å². The first-order valence-electron chi connectivity index (χ1n) is 5.34. The topological polar surface area (TPSA) is 54.4 Å². The molecule has 88 valence electrons. The van der Waals surface area contributed by atoms with Crippen LogP contribution >= 0.6 is 15.9 Å². The number of halogens is 1. The van der Waals surface area contributed by atoms with Gasteiger partial charge < -0.3 is 5.11 Å². The van der Waals surface area contributed by atoms with Gasteiger partial charge in [0.1, 0.15) is 0 Å². The average Bonchev–Trinajstić information content (AvgIpc) is 2.46. The molecule has 4 heteroatoms. The predicted molar refractivity (Wildman–Crippen MR) is 69.2 cm³/mol. The number of aliphatic hydroxyl groups excluding tert-OH is 1. The molecule has 1 aromatic rings. The number of carbonyl (C=O) groups is 1. The van der Waals surface area contributed by atoms with Crippen molar-refractivity contribution in [2.45, 2.75) is 12.8 Å². The molecule has 17 heavy (non-hydrogen) atoms. The van der Waals surface area contributed by atoms with Gasteiger partial charge in [-0.15, -0.1) is 0 Å². The Morgan fingerprint density at radius 1 is 1.18 bits per heavy atom. The zero-order valence-corrected chi connectivity index (χ0v) is 10.7. The van der Waals surface area contributed by atoms with E-state index in [2.05, 4.69) is 15.9 Å². The SMILES string of the molecule is O=C1C(CCCO)=C(Br)c2cccc(=O)cc21. The number of allylic oxidation sites excluding steroid dienone is 1. The van der Waals surface area contributed by atoms with Crippen LogP contribution < -0.4 is 5.43 Å². The van der Waals surface area contributed by atoms with Crippen LogP contribution in [0.15, 0.2) is 34.6 Å². The first kappa shape index (κ1) is 12.2. The summed E-state index contributed by atoms with van der Waals surface area (Å²) in [6, 6.07) is 6.19. The summed E-state index contributed by atoms with van der Waals surface area (Å²) in [5, 5.41) is 8.80. The molecule has 0 aliphatic heterocycles. The van der Waals surface area contributed by atoms with Gasteiger partial charge in [0.2, 0.25) is 0 Å². The summed E-state index contributed by atoms with van der Waals surface area (Å²) in [7, 11) is 0. The number of hydrogen-bond donors (Lipinski definition) is 1. The van der Waals surface area contributed by atoms with Crippen molar-refractivity contribution >= 4 is 26.2 Å². The second-order valence-electron chi connectivity index (χ2n) is 3.85. The maximum Gasteiger partial charge on any atom is 0.190 e. The van der Waals surface area contributed by atoms with Crippen LogP contribution in [0, 0.1) is 0 Å². The normalized spacial score (nSPS) is 14.1. The number of hydrogen-bond acceptors (Lipinski definition) is 3. The molecule has 0 fully saturated rings. The Kier molecular flexibility index (Phi) is 3.54. The van der Waals surface area contributed by atoms with Crippen molar-refractivity contribution in [1.82, 2.24) is 0 Å². The minimum atomic E-state index is -0.177. The molecule has 0 radical (unpaired) electrons. The van der Waals surface area contributed by atoms with Crippen LogP contribution in [0.5, 0.6) is 0 Å². The Balaban J connectivity index is 2.51. The molecule has 0 saturated heterocycles. The summed E-state index contributed by atoms with van der Waals surface area (Å²) in [4.78, 5) is 23.5. The molecule has 3 nitrogen and oxygen atoms in total. The van der Waals surface area contributed by atoms with E-state index in [1.54, 1.807) is 12.1 Å². The van der Waals surface area contributed by atoms with Crippen molar-refractivity contribution in [1.29, 1.82) is 0 Å². The lowest BCUT2D eigenvalue weighted by atomic mass is 10.1. The van der Waals surface area contributed by atoms with Crippen LogP contribution in [0.2, 0.25) is 0 Å². The molecule has 0 heterocycles. The van der Waals surface area contributed by atoms with E-state index >= 15 is 0 Å². The third kappa shape index (κ3) is 2.23. The Labute approximate surface area is 107 Å². The lowest BCUT2D eigenvalue weighted by Crippen LogP contribution is -2.02. The predicted octanol–water partition coefficient (Wildman–Crippen LogP) is 2.12. The third-order valence-electron chi connectivity index (χ3n) is 2.71. The van der Waals surface area contributed by atoms with Crippen LogP contribution in [-0.4, -0.2) is 17.5 Å². The van der Waals surface area contributed by atoms with E-state index in [1.165, 1.54) is 12.1 Å². The van der Waals surface area contributed by atoms with Crippen molar-refractivity contribution in [2.75, 3.05) is 6.61 Å². The monoisotopic (exact) mass is 294 g/mol. The lowest BCUT2D eigenvalue weighted by molar-refractivity contribution is 0.103. The van der Waals surface area contributed by atoms with E-state index in [1.807, 2.05) is 0 Å². The molecule has 0 bridgehead atoms. The molecule has 1 aromatic carbocycles. The minimum Gasteiger partial charge on any atom is -0.396 e. The highest BCUT2D eigenvalue weighted by molar-refractivity contribution is 9.15. The van der Waals surface area contributed by atoms with Crippen LogP contribution in [0.25, 0.3) is 4.48 Å². The smallest absolute Gasteiger partial charge is 0.190 e. The third-order valence-corrected chi connectivity index (χ3v) is 3.61. The summed E-state index contributed by atoms with van der Waals surface area (Å²) >= 11 is 3.39. The number of ketones is 1. The molecule has 0 atom stereocenters. The van der Waals surface area contributed by atoms with Gasteiger partial charge in [-0.25, -0.2) is 0 Å². The molecular formula is C13H11BrO3. The van der Waals surface area contributed by atoms with E-state index in [9.17, 15) is 9.59 Å². The maximum absolute atomic E-state index is 12.1. The quantitative estimate of drug-likeness (QED) is 0.929. The molecular weight excluding hydrogens is 284 g/mol. The first-order chi connectivity index (χ1) is 8.15. The molecule has 2 rings (SSSR count). The van der Waals surface area contributed by atoms with Gasteiger partial charge in [0.25, 0.3) is 0 Å². The zero-order valence-electron chi connectivity index (χ0n) is 9.07. The van der Waals surface area contributed by atoms with Crippen molar-refractivity contribution in [3.05, 3.63) is 51.2 Å². The fraction of sp³-hybridized carbons (Fsp3) is 0.231. The van der Waals surface area contributed by atoms with Crippen LogP contribution in [0.1, 0.15) is 28.8 Å². The van der Waals surface area contributed by atoms with E-state index in [0.717, 1.165) is 10.0 Å². The number of aliphatic hydroxyl groups is 1. The van der Waals surface area contributed by atoms with E-state index in [-0.39, 0.29) is 17.8 Å². The number of rotatable bonds is 3. The lowest BCUT2D eigenvalue weighted by Gasteiger charge is -1.99. The highest BCUT2D eigenvalue weighted by Crippen LogP contribution is 2.37. The number of Topliss-reactive ketones (excluding diaryl/α,β-unsaturated/α-hetero) is 1. The summed E-state index contributed by atoms with van der Waals surface area (Å²) in [5.41, 5.74) is 1.66. The molecule has 0 saturated carbocycles. The Bertz CT molecular complexity index is 561. The van der Waals surface area contributed by atoms with Gasteiger partial charge in [0.15, 0.2) is 11.2 Å². The van der Waals surface area contributed by atoms with Gasteiger partial charge in [-0.1, -0.05) is 12.1 Å². The fourth-order valence-corrected chi connectivity index (χ4v) is 2.60. The average molecular weight is 295 g/mol. The molecule has 0 spiro atoms. The molecule has 0 unspecified atom stereocenters. The van der Waals surface area contributed by atoms with Gasteiger partial charge in [-0.05, 0) is 40.9 Å². The van der Waals surface area contributed by atoms with Crippen molar-refractivity contribution in [3.63, 3.8) is 0 Å². The van der Waals surface area contributed by atoms with Crippen molar-refractivity contribution < 1.29 is 9.90 Å². The van der Waals surface area contributed by atoms with Gasteiger partial charge in [0.05, 0.1) is 0 Å². The summed E-state index contributed by atoms with van der Waals surface area (Å²) in [6.07, 6.45) is 1.06. The second-order valence-corrected chi connectivity index (χ2v) is 4.64. The van der Waals surface area contributed by atoms with Gasteiger partial charge in [-0.3, -0.25) is 9.59 Å². The zero-order chi connectivity index (χ0) is 12.4. The Morgan fingerprint density at radius 2 is 1.94 bits per heavy atom. The molecule has 0 aromatic heterocycles. The van der Waals surface area contributed by atoms with Crippen molar-refractivity contribution in [2.24, 2.45) is 0 Å². The molecule has 1 aliphatic carbocycles. The Hall–Kier alpha value is -1.26. The molecule has 1 N–H and O–H groups in total. The highest BCUT2D eigenvalue weighted by Gasteiger charge is 2.27. The summed E-state index contributed by atoms with van der Waals surface area (Å²) < 4.78 is 0.738. The van der Waals surface area contributed by atoms with Gasteiger partial charge in [0, 0.05) is 27.8 Å². The maximum atomic E-state index is 12.1. The standard InChI is InChI=1S/C13H11BrO3/c14-12-9-4-1-3-8(16)7-11(9)13(17)10(12)5-2-6-15/h1,3-4,7,15H,2,5-6H2. The molecule has 0 amide bonds. The van der Waals surface area contributed by atoms with Crippen LogP contribution in [0.3, 0.4) is 0 Å². The summed E-state index contributed by atoms with van der Waals surface area (Å²) in [5.74, 6) is -0.117. The fourth-order valence-electron chi connectivity index (χ4n) is 1.88. The van der Waals surface area contributed by atoms with E-state index < -0.39 is 0 Å². The van der Waals surface area contributed by atoms with E-state index in [4.69, 9.17) is 5.11 Å². The Morgan fingerprint density at radius 3 is 2.65 bits per heavy atom. The first-order valence-corrected chi connectivity index (χ1v) is 6.13. The van der Waals surface area contributed by atoms with Crippen LogP contribution in [0.4, 0.5) is 0 Å². The van der Waals surface area contributed by atoms with Crippen molar-refractivity contribution in [3.8, 4) is 0 Å². The second kappa shape index (κ2) is 4.94. The molecule has 1 aliphatic rings. The largest absolute Gasteiger partial charge is 0.396 e. The summed E-state index contributed by atoms with van der Waals surface area (Å²) in [6.45, 7) is 0.0496. The van der Waals surface area contributed by atoms with Gasteiger partial charge in [-0.2, -0.15) is 0 Å². The van der Waals surface area contributed by atoms with E-state index in [0.29, 0.717) is 24.0 Å².